The summed E-state index contributed by atoms with van der Waals surface area (Å²) in [6.07, 6.45) is 2.65. The predicted molar refractivity (Wildman–Crippen MR) is 86.4 cm³/mol. The Morgan fingerprint density at radius 2 is 2.25 bits per heavy atom. The highest BCUT2D eigenvalue weighted by atomic mass is 16.5. The maximum absolute atomic E-state index is 12.3. The van der Waals surface area contributed by atoms with E-state index in [1.54, 1.807) is 6.07 Å². The summed E-state index contributed by atoms with van der Waals surface area (Å²) in [6, 6.07) is 1.79. The van der Waals surface area contributed by atoms with Gasteiger partial charge in [-0.15, -0.1) is 0 Å². The van der Waals surface area contributed by atoms with E-state index in [1.807, 2.05) is 20.8 Å². The zero-order valence-electron chi connectivity index (χ0n) is 14.3. The standard InChI is InChI=1S/C16H23N5O3/c1-4-14-18-16(20-23-14)12-6-5-7-21(12)9-13(22)17-15-8-11(10(2)3)19-24-15/h8,10,12H,4-7,9H2,1-3H3,(H,17,22)/t12-/m0/s1. The Hall–Kier alpha value is -2.22. The van der Waals surface area contributed by atoms with Gasteiger partial charge in [-0.3, -0.25) is 15.0 Å². The number of nitrogens with one attached hydrogen (secondary N) is 1. The SMILES string of the molecule is CCc1nc([C@@H]2CCCN2CC(=O)Nc2cc(C(C)C)no2)no1. The average Bonchev–Trinajstić information content (AvgIpc) is 3.26. The maximum atomic E-state index is 12.3. The van der Waals surface area contributed by atoms with Crippen LogP contribution in [0.1, 0.15) is 63.0 Å². The second-order valence-electron chi connectivity index (χ2n) is 6.35. The van der Waals surface area contributed by atoms with Crippen molar-refractivity contribution in [1.82, 2.24) is 20.2 Å². The number of carbonyl (C=O) groups excluding carboxylic acids is 1. The van der Waals surface area contributed by atoms with E-state index in [4.69, 9.17) is 9.05 Å². The molecule has 0 unspecified atom stereocenters. The number of nitrogens with zero attached hydrogens (tertiary/aromatic N) is 4. The molecule has 2 aromatic rings. The summed E-state index contributed by atoms with van der Waals surface area (Å²) in [4.78, 5) is 18.7. The first-order valence-corrected chi connectivity index (χ1v) is 8.39. The topological polar surface area (TPSA) is 97.3 Å². The molecule has 1 aliphatic heterocycles. The Labute approximate surface area is 140 Å². The molecule has 24 heavy (non-hydrogen) atoms. The van der Waals surface area contributed by atoms with E-state index in [0.29, 0.717) is 24.0 Å². The minimum Gasteiger partial charge on any atom is -0.339 e. The number of amides is 1. The van der Waals surface area contributed by atoms with E-state index < -0.39 is 0 Å². The first-order chi connectivity index (χ1) is 11.6. The number of hydrogen-bond donors (Lipinski definition) is 1. The number of likely N-dealkylation sites (tertiary alicyclic amines) is 1. The Balaban J connectivity index is 1.60. The van der Waals surface area contributed by atoms with Crippen LogP contribution >= 0.6 is 0 Å². The normalized spacial score (nSPS) is 18.4. The fraction of sp³-hybridized carbons (Fsp3) is 0.625. The van der Waals surface area contributed by atoms with Crippen molar-refractivity contribution in [3.05, 3.63) is 23.5 Å². The first-order valence-electron chi connectivity index (χ1n) is 8.39. The average molecular weight is 333 g/mol. The van der Waals surface area contributed by atoms with Crippen molar-refractivity contribution in [1.29, 1.82) is 0 Å². The lowest BCUT2D eigenvalue weighted by Gasteiger charge is -2.20. The summed E-state index contributed by atoms with van der Waals surface area (Å²) < 4.78 is 10.3. The summed E-state index contributed by atoms with van der Waals surface area (Å²) in [7, 11) is 0. The quantitative estimate of drug-likeness (QED) is 0.867. The third-order valence-electron chi connectivity index (χ3n) is 4.18. The second kappa shape index (κ2) is 7.12. The molecule has 1 amide bonds. The van der Waals surface area contributed by atoms with Gasteiger partial charge in [0.2, 0.25) is 17.7 Å². The highest BCUT2D eigenvalue weighted by Crippen LogP contribution is 2.29. The molecule has 1 fully saturated rings. The highest BCUT2D eigenvalue weighted by Gasteiger charge is 2.31. The molecule has 1 aliphatic rings. The zero-order valence-corrected chi connectivity index (χ0v) is 14.3. The van der Waals surface area contributed by atoms with E-state index in [9.17, 15) is 4.79 Å². The molecular weight excluding hydrogens is 310 g/mol. The number of aromatic nitrogens is 3. The molecule has 0 bridgehead atoms. The maximum Gasteiger partial charge on any atom is 0.240 e. The predicted octanol–water partition coefficient (Wildman–Crippen LogP) is 2.52. The van der Waals surface area contributed by atoms with Crippen LogP contribution in [-0.2, 0) is 11.2 Å². The van der Waals surface area contributed by atoms with Crippen LogP contribution in [0, 0.1) is 0 Å². The van der Waals surface area contributed by atoms with Gasteiger partial charge in [-0.2, -0.15) is 4.98 Å². The number of anilines is 1. The summed E-state index contributed by atoms with van der Waals surface area (Å²) in [5.41, 5.74) is 0.822. The van der Waals surface area contributed by atoms with Gasteiger partial charge in [-0.25, -0.2) is 0 Å². The minimum atomic E-state index is -0.132. The van der Waals surface area contributed by atoms with Gasteiger partial charge in [0.1, 0.15) is 0 Å². The Kier molecular flexibility index (Phi) is 4.94. The van der Waals surface area contributed by atoms with Crippen molar-refractivity contribution in [2.45, 2.75) is 52.0 Å². The summed E-state index contributed by atoms with van der Waals surface area (Å²) in [5.74, 6) is 1.80. The van der Waals surface area contributed by atoms with Crippen LogP contribution in [0.5, 0.6) is 0 Å². The molecular formula is C16H23N5O3. The van der Waals surface area contributed by atoms with E-state index in [-0.39, 0.29) is 24.4 Å². The Morgan fingerprint density at radius 1 is 1.42 bits per heavy atom. The molecule has 3 rings (SSSR count). The van der Waals surface area contributed by atoms with Crippen molar-refractivity contribution in [3.63, 3.8) is 0 Å². The lowest BCUT2D eigenvalue weighted by atomic mass is 10.1. The summed E-state index contributed by atoms with van der Waals surface area (Å²) in [6.45, 7) is 7.11. The first kappa shape index (κ1) is 16.6. The van der Waals surface area contributed by atoms with Crippen LogP contribution in [0.25, 0.3) is 0 Å². The molecule has 130 valence electrons. The fourth-order valence-electron chi connectivity index (χ4n) is 2.84. The molecule has 1 saturated heterocycles. The molecule has 0 saturated carbocycles. The minimum absolute atomic E-state index is 0.0285. The van der Waals surface area contributed by atoms with E-state index in [0.717, 1.165) is 25.1 Å². The lowest BCUT2D eigenvalue weighted by molar-refractivity contribution is -0.117. The highest BCUT2D eigenvalue weighted by molar-refractivity contribution is 5.91. The molecule has 8 heteroatoms. The van der Waals surface area contributed by atoms with Crippen LogP contribution in [0.3, 0.4) is 0 Å². The van der Waals surface area contributed by atoms with E-state index in [2.05, 4.69) is 25.5 Å². The largest absolute Gasteiger partial charge is 0.339 e. The van der Waals surface area contributed by atoms with Crippen molar-refractivity contribution >= 4 is 11.8 Å². The Morgan fingerprint density at radius 3 is 2.92 bits per heavy atom. The van der Waals surface area contributed by atoms with Crippen LogP contribution < -0.4 is 5.32 Å². The van der Waals surface area contributed by atoms with Gasteiger partial charge in [-0.05, 0) is 25.3 Å². The van der Waals surface area contributed by atoms with Crippen LogP contribution in [-0.4, -0.2) is 39.2 Å². The van der Waals surface area contributed by atoms with Crippen molar-refractivity contribution in [2.75, 3.05) is 18.4 Å². The van der Waals surface area contributed by atoms with Crippen LogP contribution in [0.4, 0.5) is 5.88 Å². The zero-order chi connectivity index (χ0) is 17.1. The third kappa shape index (κ3) is 3.64. The van der Waals surface area contributed by atoms with Gasteiger partial charge in [0.25, 0.3) is 0 Å². The van der Waals surface area contributed by atoms with Crippen LogP contribution in [0.15, 0.2) is 15.1 Å². The van der Waals surface area contributed by atoms with Crippen LogP contribution in [0.2, 0.25) is 0 Å². The van der Waals surface area contributed by atoms with E-state index in [1.165, 1.54) is 0 Å². The molecule has 0 radical (unpaired) electrons. The molecule has 8 nitrogen and oxygen atoms in total. The molecule has 3 heterocycles. The molecule has 1 N–H and O–H groups in total. The number of rotatable bonds is 6. The Bertz CT molecular complexity index is 693. The van der Waals surface area contributed by atoms with Crippen molar-refractivity contribution in [3.8, 4) is 0 Å². The summed E-state index contributed by atoms with van der Waals surface area (Å²) >= 11 is 0. The van der Waals surface area contributed by atoms with Gasteiger partial charge in [0.15, 0.2) is 5.82 Å². The van der Waals surface area contributed by atoms with Crippen molar-refractivity contribution in [2.24, 2.45) is 0 Å². The number of hydrogen-bond acceptors (Lipinski definition) is 7. The monoisotopic (exact) mass is 333 g/mol. The van der Waals surface area contributed by atoms with Gasteiger partial charge >= 0.3 is 0 Å². The molecule has 1 atom stereocenters. The molecule has 0 aliphatic carbocycles. The van der Waals surface area contributed by atoms with Gasteiger partial charge in [-0.1, -0.05) is 31.1 Å². The molecule has 2 aromatic heterocycles. The number of aryl methyl sites for hydroxylation is 1. The third-order valence-corrected chi connectivity index (χ3v) is 4.18. The van der Waals surface area contributed by atoms with Gasteiger partial charge < -0.3 is 9.05 Å². The van der Waals surface area contributed by atoms with Crippen molar-refractivity contribution < 1.29 is 13.8 Å². The van der Waals surface area contributed by atoms with Gasteiger partial charge in [0, 0.05) is 12.5 Å². The second-order valence-corrected chi connectivity index (χ2v) is 6.35. The van der Waals surface area contributed by atoms with Gasteiger partial charge in [0.05, 0.1) is 18.3 Å². The fourth-order valence-corrected chi connectivity index (χ4v) is 2.84. The number of carbonyl (C=O) groups is 1. The van der Waals surface area contributed by atoms with E-state index >= 15 is 0 Å². The summed E-state index contributed by atoms with van der Waals surface area (Å²) in [5, 5.41) is 10.7. The smallest absolute Gasteiger partial charge is 0.240 e. The molecule has 0 spiro atoms. The lowest BCUT2D eigenvalue weighted by Crippen LogP contribution is -2.33. The molecule has 0 aromatic carbocycles.